The number of carbonyl (C=O) groups is 1. The zero-order valence-electron chi connectivity index (χ0n) is 12.8. The maximum Gasteiger partial charge on any atom is 0.170 e. The largest absolute Gasteiger partial charge is 0.498 e. The van der Waals surface area contributed by atoms with Gasteiger partial charge in [-0.2, -0.15) is 9.61 Å². The van der Waals surface area contributed by atoms with Crippen molar-refractivity contribution in [2.24, 2.45) is 0 Å². The third kappa shape index (κ3) is 2.44. The van der Waals surface area contributed by atoms with Crippen molar-refractivity contribution in [2.45, 2.75) is 19.3 Å². The van der Waals surface area contributed by atoms with Crippen LogP contribution in [0.4, 0.5) is 11.6 Å². The van der Waals surface area contributed by atoms with E-state index < -0.39 is 0 Å². The minimum atomic E-state index is 0.0351. The average Bonchev–Trinajstić information content (AvgIpc) is 3.17. The second kappa shape index (κ2) is 5.42. The Morgan fingerprint density at radius 1 is 1.43 bits per heavy atom. The average molecular weight is 311 g/mol. The van der Waals surface area contributed by atoms with Crippen LogP contribution in [-0.2, 0) is 4.74 Å². The Labute approximate surface area is 133 Å². The molecule has 0 saturated heterocycles. The molecule has 0 atom stereocenters. The summed E-state index contributed by atoms with van der Waals surface area (Å²) in [5.41, 5.74) is 2.05. The topological polar surface area (TPSA) is 80.5 Å². The maximum absolute atomic E-state index is 12.4. The number of nitrogens with one attached hydrogen (secondary N) is 2. The van der Waals surface area contributed by atoms with Crippen LogP contribution in [0.15, 0.2) is 35.9 Å². The van der Waals surface area contributed by atoms with Crippen molar-refractivity contribution >= 4 is 23.1 Å². The molecule has 0 fully saturated rings. The molecule has 0 saturated carbocycles. The number of anilines is 2. The summed E-state index contributed by atoms with van der Waals surface area (Å²) in [4.78, 5) is 17.0. The molecule has 1 aliphatic carbocycles. The third-order valence-corrected chi connectivity index (χ3v) is 3.98. The second-order valence-corrected chi connectivity index (χ2v) is 5.54. The first-order valence-electron chi connectivity index (χ1n) is 7.65. The fourth-order valence-corrected chi connectivity index (χ4v) is 2.81. The molecule has 118 valence electrons. The van der Waals surface area contributed by atoms with E-state index in [1.165, 1.54) is 0 Å². The van der Waals surface area contributed by atoms with E-state index in [4.69, 9.17) is 4.74 Å². The van der Waals surface area contributed by atoms with Crippen molar-refractivity contribution in [1.82, 2.24) is 14.6 Å². The van der Waals surface area contributed by atoms with Crippen molar-refractivity contribution < 1.29 is 9.53 Å². The van der Waals surface area contributed by atoms with E-state index in [9.17, 15) is 4.79 Å². The van der Waals surface area contributed by atoms with Crippen LogP contribution >= 0.6 is 0 Å². The molecule has 0 spiro atoms. The molecule has 0 amide bonds. The molecule has 2 N–H and O–H groups in total. The third-order valence-electron chi connectivity index (χ3n) is 3.98. The minimum absolute atomic E-state index is 0.0351. The molecule has 0 unspecified atom stereocenters. The molecule has 7 nitrogen and oxygen atoms in total. The number of rotatable bonds is 1. The van der Waals surface area contributed by atoms with Crippen LogP contribution in [0.1, 0.15) is 29.6 Å². The van der Waals surface area contributed by atoms with Crippen molar-refractivity contribution in [3.05, 3.63) is 41.4 Å². The van der Waals surface area contributed by atoms with Crippen LogP contribution in [0, 0.1) is 0 Å². The van der Waals surface area contributed by atoms with Gasteiger partial charge in [0.25, 0.3) is 0 Å². The molecule has 4 bridgehead atoms. The summed E-state index contributed by atoms with van der Waals surface area (Å²) in [6.07, 6.45) is 7.48. The van der Waals surface area contributed by atoms with Crippen molar-refractivity contribution in [2.75, 3.05) is 24.3 Å². The molecule has 23 heavy (non-hydrogen) atoms. The van der Waals surface area contributed by atoms with Gasteiger partial charge in [-0.1, -0.05) is 6.08 Å². The number of allylic oxidation sites excluding steroid dienone is 2. The Kier molecular flexibility index (Phi) is 3.25. The summed E-state index contributed by atoms with van der Waals surface area (Å²) in [6.45, 7) is 0.538. The van der Waals surface area contributed by atoms with Gasteiger partial charge in [0, 0.05) is 31.7 Å². The number of hydrogen-bond donors (Lipinski definition) is 2. The predicted octanol–water partition coefficient (Wildman–Crippen LogP) is 2.35. The standard InChI is InChI=1S/C16H17N5O2/c1-17-15-8-14-19-10-4-5-11(7-10)23-6-2-3-13(22)12-9-18-21(15)16(12)20-14/h4,7-9,17H,2-3,5-6H2,1H3,(H,19,20). The second-order valence-electron chi connectivity index (χ2n) is 5.54. The zero-order valence-corrected chi connectivity index (χ0v) is 12.8. The van der Waals surface area contributed by atoms with Gasteiger partial charge in [-0.15, -0.1) is 0 Å². The smallest absolute Gasteiger partial charge is 0.170 e. The van der Waals surface area contributed by atoms with E-state index in [0.29, 0.717) is 36.5 Å². The summed E-state index contributed by atoms with van der Waals surface area (Å²) in [5.74, 6) is 2.38. The highest BCUT2D eigenvalue weighted by Gasteiger charge is 2.18. The Morgan fingerprint density at radius 3 is 3.22 bits per heavy atom. The van der Waals surface area contributed by atoms with Crippen LogP contribution in [-0.4, -0.2) is 34.0 Å². The number of hydrogen-bond acceptors (Lipinski definition) is 6. The van der Waals surface area contributed by atoms with Gasteiger partial charge in [-0.05, 0) is 12.5 Å². The first-order valence-corrected chi connectivity index (χ1v) is 7.65. The molecular weight excluding hydrogens is 294 g/mol. The molecule has 2 aromatic heterocycles. The van der Waals surface area contributed by atoms with Crippen molar-refractivity contribution in [1.29, 1.82) is 0 Å². The zero-order chi connectivity index (χ0) is 15.8. The highest BCUT2D eigenvalue weighted by atomic mass is 16.5. The summed E-state index contributed by atoms with van der Waals surface area (Å²) < 4.78 is 7.37. The number of nitrogens with zero attached hydrogens (tertiary/aromatic N) is 3. The Hall–Kier alpha value is -2.83. The van der Waals surface area contributed by atoms with E-state index in [0.717, 1.165) is 23.7 Å². The number of fused-ring (bicyclic) bond motifs is 2. The SMILES string of the molecule is CNc1cc2nc3c(cnn13)C(=O)CCCOC1=CC(=CC1)N2. The van der Waals surface area contributed by atoms with Gasteiger partial charge >= 0.3 is 0 Å². The maximum atomic E-state index is 12.4. The highest BCUT2D eigenvalue weighted by molar-refractivity contribution is 6.01. The number of aromatic nitrogens is 3. The van der Waals surface area contributed by atoms with Gasteiger partial charge < -0.3 is 15.4 Å². The first-order chi connectivity index (χ1) is 11.2. The van der Waals surface area contributed by atoms with Crippen LogP contribution in [0.2, 0.25) is 0 Å². The van der Waals surface area contributed by atoms with E-state index in [1.807, 2.05) is 19.2 Å². The molecule has 2 aliphatic rings. The molecule has 7 heteroatoms. The molecule has 0 radical (unpaired) electrons. The van der Waals surface area contributed by atoms with Crippen molar-refractivity contribution in [3.8, 4) is 0 Å². The summed E-state index contributed by atoms with van der Waals surface area (Å²) in [5, 5.41) is 10.7. The lowest BCUT2D eigenvalue weighted by Crippen LogP contribution is -2.07. The van der Waals surface area contributed by atoms with E-state index in [2.05, 4.69) is 26.8 Å². The van der Waals surface area contributed by atoms with Gasteiger partial charge in [-0.3, -0.25) is 4.79 Å². The molecule has 2 aromatic rings. The van der Waals surface area contributed by atoms with Crippen LogP contribution in [0.5, 0.6) is 0 Å². The van der Waals surface area contributed by atoms with Gasteiger partial charge in [0.1, 0.15) is 17.4 Å². The number of carbonyl (C=O) groups excluding carboxylic acids is 1. The lowest BCUT2D eigenvalue weighted by molar-refractivity contribution is 0.0966. The summed E-state index contributed by atoms with van der Waals surface area (Å²) >= 11 is 0. The fourth-order valence-electron chi connectivity index (χ4n) is 2.81. The van der Waals surface area contributed by atoms with E-state index in [1.54, 1.807) is 10.7 Å². The highest BCUT2D eigenvalue weighted by Crippen LogP contribution is 2.25. The predicted molar refractivity (Wildman–Crippen MR) is 86.5 cm³/mol. The van der Waals surface area contributed by atoms with E-state index in [-0.39, 0.29) is 5.78 Å². The summed E-state index contributed by atoms with van der Waals surface area (Å²) in [6, 6.07) is 1.86. The Morgan fingerprint density at radius 2 is 2.35 bits per heavy atom. The number of ether oxygens (including phenoxy) is 1. The van der Waals surface area contributed by atoms with Gasteiger partial charge in [0.05, 0.1) is 18.4 Å². The molecule has 1 aliphatic heterocycles. The van der Waals surface area contributed by atoms with Gasteiger partial charge in [0.15, 0.2) is 11.4 Å². The summed E-state index contributed by atoms with van der Waals surface area (Å²) in [7, 11) is 1.82. The monoisotopic (exact) mass is 311 g/mol. The normalized spacial score (nSPS) is 17.5. The Bertz CT molecular complexity index is 850. The number of Topliss-reactive ketones (excluding diaryl/α,β-unsaturated/α-hetero) is 1. The van der Waals surface area contributed by atoms with Gasteiger partial charge in [0.2, 0.25) is 0 Å². The molecule has 0 aromatic carbocycles. The van der Waals surface area contributed by atoms with Gasteiger partial charge in [-0.25, -0.2) is 4.98 Å². The Balaban J connectivity index is 1.85. The molecular formula is C16H17N5O2. The van der Waals surface area contributed by atoms with E-state index >= 15 is 0 Å². The molecule has 3 heterocycles. The first kappa shape index (κ1) is 13.8. The number of ketones is 1. The van der Waals surface area contributed by atoms with Crippen LogP contribution < -0.4 is 10.6 Å². The lowest BCUT2D eigenvalue weighted by atomic mass is 10.1. The fraction of sp³-hybridized carbons (Fsp3) is 0.312. The lowest BCUT2D eigenvalue weighted by Gasteiger charge is -2.09. The quantitative estimate of drug-likeness (QED) is 0.841. The minimum Gasteiger partial charge on any atom is -0.498 e. The van der Waals surface area contributed by atoms with Crippen LogP contribution in [0.25, 0.3) is 5.65 Å². The van der Waals surface area contributed by atoms with Crippen LogP contribution in [0.3, 0.4) is 0 Å². The molecule has 4 rings (SSSR count). The van der Waals surface area contributed by atoms with Crippen molar-refractivity contribution in [3.63, 3.8) is 0 Å².